The van der Waals surface area contributed by atoms with Gasteiger partial charge in [0.15, 0.2) is 0 Å². The van der Waals surface area contributed by atoms with Gasteiger partial charge in [0.25, 0.3) is 5.91 Å². The predicted molar refractivity (Wildman–Crippen MR) is 163 cm³/mol. The molecule has 6 rings (SSSR count). The summed E-state index contributed by atoms with van der Waals surface area (Å²) in [5.74, 6) is 0.248. The molecule has 0 aliphatic heterocycles. The summed E-state index contributed by atoms with van der Waals surface area (Å²) < 4.78 is 2.13. The van der Waals surface area contributed by atoms with Crippen molar-refractivity contribution < 1.29 is 4.79 Å². The van der Waals surface area contributed by atoms with Crippen molar-refractivity contribution in [2.45, 2.75) is 0 Å². The average molecular weight is 545 g/mol. The van der Waals surface area contributed by atoms with Crippen LogP contribution in [0.15, 0.2) is 116 Å². The van der Waals surface area contributed by atoms with Gasteiger partial charge in [0, 0.05) is 52.5 Å². The predicted octanol–water partition coefficient (Wildman–Crippen LogP) is 7.34. The highest BCUT2D eigenvalue weighted by atomic mass is 35.5. The molecule has 6 aromatic rings. The van der Waals surface area contributed by atoms with E-state index in [1.165, 1.54) is 0 Å². The topological polar surface area (TPSA) is 89.1 Å². The van der Waals surface area contributed by atoms with E-state index in [2.05, 4.69) is 45.3 Å². The fraction of sp³-hybridized carbons (Fsp3) is 0.0312. The quantitative estimate of drug-likeness (QED) is 0.214. The first-order valence-electron chi connectivity index (χ1n) is 12.7. The molecule has 196 valence electrons. The van der Waals surface area contributed by atoms with Crippen LogP contribution in [0.3, 0.4) is 0 Å². The van der Waals surface area contributed by atoms with Gasteiger partial charge >= 0.3 is 0 Å². The highest BCUT2D eigenvalue weighted by molar-refractivity contribution is 6.33. The maximum absolute atomic E-state index is 13.0. The average Bonchev–Trinajstić information content (AvgIpc) is 3.38. The fourth-order valence-corrected chi connectivity index (χ4v) is 4.84. The number of rotatable bonds is 6. The van der Waals surface area contributed by atoms with Crippen LogP contribution in [0.1, 0.15) is 10.4 Å². The summed E-state index contributed by atoms with van der Waals surface area (Å²) in [5, 5.41) is 4.75. The van der Waals surface area contributed by atoms with E-state index < -0.39 is 0 Å². The van der Waals surface area contributed by atoms with Crippen molar-refractivity contribution in [3.63, 3.8) is 0 Å². The van der Waals surface area contributed by atoms with Crippen LogP contribution in [-0.4, -0.2) is 27.5 Å². The van der Waals surface area contributed by atoms with Gasteiger partial charge in [-0.1, -0.05) is 54.1 Å². The van der Waals surface area contributed by atoms with Crippen molar-refractivity contribution in [2.24, 2.45) is 0 Å². The minimum absolute atomic E-state index is 0.142. The number of aromatic nitrogens is 3. The van der Waals surface area contributed by atoms with Gasteiger partial charge < -0.3 is 20.5 Å². The minimum atomic E-state index is -0.142. The second-order valence-electron chi connectivity index (χ2n) is 9.32. The number of carbonyl (C=O) groups is 1. The molecule has 0 saturated heterocycles. The Labute approximate surface area is 236 Å². The standard InChI is InChI=1S/C32H25ClN6O/c1-38(31(40)21-14-16-22(34)17-15-21)25-11-7-8-23(18-25)36-32-35-19-28(33)30(37-32)27-20-39(24-9-3-2-4-10-24)29-13-6-5-12-26(27)29/h2-20H,34H2,1H3,(H,35,36,37). The first-order valence-corrected chi connectivity index (χ1v) is 13.0. The van der Waals surface area contributed by atoms with Crippen LogP contribution < -0.4 is 16.0 Å². The zero-order valence-electron chi connectivity index (χ0n) is 21.6. The third-order valence-electron chi connectivity index (χ3n) is 6.70. The smallest absolute Gasteiger partial charge is 0.258 e. The third-order valence-corrected chi connectivity index (χ3v) is 6.97. The molecule has 4 aromatic carbocycles. The van der Waals surface area contributed by atoms with Crippen molar-refractivity contribution in [1.29, 1.82) is 0 Å². The fourth-order valence-electron chi connectivity index (χ4n) is 4.64. The Morgan fingerprint density at radius 1 is 0.925 bits per heavy atom. The van der Waals surface area contributed by atoms with Gasteiger partial charge in [-0.15, -0.1) is 0 Å². The SMILES string of the molecule is CN(C(=O)c1ccc(N)cc1)c1cccc(Nc2ncc(Cl)c(-c3cn(-c4ccccc4)c4ccccc34)n2)c1. The summed E-state index contributed by atoms with van der Waals surface area (Å²) >= 11 is 6.64. The van der Waals surface area contributed by atoms with Crippen LogP contribution >= 0.6 is 11.6 Å². The Kier molecular flexibility index (Phi) is 6.64. The van der Waals surface area contributed by atoms with Gasteiger partial charge in [0.2, 0.25) is 5.95 Å². The molecule has 3 N–H and O–H groups in total. The van der Waals surface area contributed by atoms with E-state index in [0.29, 0.717) is 33.6 Å². The molecule has 2 aromatic heterocycles. The minimum Gasteiger partial charge on any atom is -0.399 e. The molecule has 0 unspecified atom stereocenters. The number of nitrogen functional groups attached to an aromatic ring is 1. The van der Waals surface area contributed by atoms with Gasteiger partial charge in [-0.2, -0.15) is 0 Å². The van der Waals surface area contributed by atoms with Gasteiger partial charge in [-0.3, -0.25) is 4.79 Å². The summed E-state index contributed by atoms with van der Waals surface area (Å²) in [6.45, 7) is 0. The van der Waals surface area contributed by atoms with Gasteiger partial charge in [-0.25, -0.2) is 9.97 Å². The molecule has 0 spiro atoms. The summed E-state index contributed by atoms with van der Waals surface area (Å²) in [4.78, 5) is 23.8. The van der Waals surface area contributed by atoms with Crippen LogP contribution in [0.4, 0.5) is 23.0 Å². The van der Waals surface area contributed by atoms with E-state index in [9.17, 15) is 4.79 Å². The number of hydrogen-bond acceptors (Lipinski definition) is 5. The number of para-hydroxylation sites is 2. The lowest BCUT2D eigenvalue weighted by Crippen LogP contribution is -2.26. The third kappa shape index (κ3) is 4.86. The van der Waals surface area contributed by atoms with Crippen molar-refractivity contribution in [2.75, 3.05) is 23.0 Å². The van der Waals surface area contributed by atoms with Crippen LogP contribution in [0.25, 0.3) is 27.8 Å². The monoisotopic (exact) mass is 544 g/mol. The van der Waals surface area contributed by atoms with E-state index in [4.69, 9.17) is 22.3 Å². The molecule has 7 nitrogen and oxygen atoms in total. The highest BCUT2D eigenvalue weighted by Gasteiger charge is 2.17. The van der Waals surface area contributed by atoms with Crippen molar-refractivity contribution >= 4 is 51.4 Å². The molecule has 40 heavy (non-hydrogen) atoms. The molecule has 1 amide bonds. The van der Waals surface area contributed by atoms with Gasteiger partial charge in [0.1, 0.15) is 0 Å². The zero-order valence-corrected chi connectivity index (χ0v) is 22.4. The molecular formula is C32H25ClN6O. The van der Waals surface area contributed by atoms with Crippen LogP contribution in [-0.2, 0) is 0 Å². The Hall–Kier alpha value is -5.14. The van der Waals surface area contributed by atoms with Crippen LogP contribution in [0.5, 0.6) is 0 Å². The molecule has 0 aliphatic rings. The molecule has 0 saturated carbocycles. The molecular weight excluding hydrogens is 520 g/mol. The summed E-state index contributed by atoms with van der Waals surface area (Å²) in [6, 6.07) is 32.7. The van der Waals surface area contributed by atoms with E-state index in [1.54, 1.807) is 42.4 Å². The highest BCUT2D eigenvalue weighted by Crippen LogP contribution is 2.35. The lowest BCUT2D eigenvalue weighted by Gasteiger charge is -2.18. The summed E-state index contributed by atoms with van der Waals surface area (Å²) in [6.07, 6.45) is 3.65. The van der Waals surface area contributed by atoms with Gasteiger partial charge in [-0.05, 0) is 60.7 Å². The molecule has 0 radical (unpaired) electrons. The van der Waals surface area contributed by atoms with Crippen molar-refractivity contribution in [3.05, 3.63) is 126 Å². The van der Waals surface area contributed by atoms with Crippen molar-refractivity contribution in [1.82, 2.24) is 14.5 Å². The van der Waals surface area contributed by atoms with E-state index in [1.807, 2.05) is 54.6 Å². The number of halogens is 1. The maximum Gasteiger partial charge on any atom is 0.258 e. The first kappa shape index (κ1) is 25.2. The van der Waals surface area contributed by atoms with E-state index in [0.717, 1.165) is 27.8 Å². The molecule has 0 atom stereocenters. The Bertz CT molecular complexity index is 1830. The number of benzene rings is 4. The number of fused-ring (bicyclic) bond motifs is 1. The zero-order chi connectivity index (χ0) is 27.6. The molecule has 8 heteroatoms. The number of nitrogens with zero attached hydrogens (tertiary/aromatic N) is 4. The van der Waals surface area contributed by atoms with Gasteiger partial charge in [0.05, 0.1) is 22.4 Å². The number of nitrogens with two attached hydrogens (primary N) is 1. The number of carbonyl (C=O) groups excluding carboxylic acids is 1. The maximum atomic E-state index is 13.0. The Morgan fingerprint density at radius 2 is 1.68 bits per heavy atom. The molecule has 0 bridgehead atoms. The van der Waals surface area contributed by atoms with E-state index >= 15 is 0 Å². The van der Waals surface area contributed by atoms with Crippen molar-refractivity contribution in [3.8, 4) is 16.9 Å². The number of anilines is 4. The second-order valence-corrected chi connectivity index (χ2v) is 9.72. The lowest BCUT2D eigenvalue weighted by molar-refractivity contribution is 0.0993. The number of nitrogens with one attached hydrogen (secondary N) is 1. The first-order chi connectivity index (χ1) is 19.5. The summed E-state index contributed by atoms with van der Waals surface area (Å²) in [5.41, 5.74) is 12.0. The lowest BCUT2D eigenvalue weighted by atomic mass is 10.1. The Morgan fingerprint density at radius 3 is 2.48 bits per heavy atom. The molecule has 0 fully saturated rings. The van der Waals surface area contributed by atoms with Crippen LogP contribution in [0.2, 0.25) is 5.02 Å². The second kappa shape index (κ2) is 10.6. The number of hydrogen-bond donors (Lipinski definition) is 2. The molecule has 2 heterocycles. The normalized spacial score (nSPS) is 10.9. The summed E-state index contributed by atoms with van der Waals surface area (Å²) in [7, 11) is 1.73. The van der Waals surface area contributed by atoms with E-state index in [-0.39, 0.29) is 5.91 Å². The largest absolute Gasteiger partial charge is 0.399 e. The Balaban J connectivity index is 1.32. The number of amides is 1. The molecule has 0 aliphatic carbocycles. The van der Waals surface area contributed by atoms with Crippen LogP contribution in [0, 0.1) is 0 Å².